The SMILES string of the molecule is O=C([O-])c1cc(=O)c2cc3c(c(CC(O)CO)c2o1)CCCC3.[Na+]. The molecule has 0 spiro atoms. The van der Waals surface area contributed by atoms with E-state index in [9.17, 15) is 19.8 Å². The number of rotatable bonds is 4. The van der Waals surface area contributed by atoms with E-state index in [0.29, 0.717) is 10.9 Å². The number of carbonyl (C=O) groups excluding carboxylic acids is 1. The van der Waals surface area contributed by atoms with Gasteiger partial charge in [-0.25, -0.2) is 0 Å². The van der Waals surface area contributed by atoms with Gasteiger partial charge in [-0.3, -0.25) is 4.79 Å². The van der Waals surface area contributed by atoms with Gasteiger partial charge >= 0.3 is 29.6 Å². The van der Waals surface area contributed by atoms with Crippen molar-refractivity contribution < 1.29 is 54.1 Å². The zero-order valence-corrected chi connectivity index (χ0v) is 15.5. The summed E-state index contributed by atoms with van der Waals surface area (Å²) in [7, 11) is 0. The molecule has 1 aromatic heterocycles. The number of benzene rings is 1. The van der Waals surface area contributed by atoms with Gasteiger partial charge in [-0.15, -0.1) is 0 Å². The molecule has 1 unspecified atom stereocenters. The van der Waals surface area contributed by atoms with Crippen molar-refractivity contribution in [3.05, 3.63) is 44.8 Å². The molecule has 0 saturated carbocycles. The minimum Gasteiger partial charge on any atom is -0.542 e. The maximum Gasteiger partial charge on any atom is 1.00 e. The zero-order valence-electron chi connectivity index (χ0n) is 13.5. The van der Waals surface area contributed by atoms with Gasteiger partial charge in [0.25, 0.3) is 0 Å². The molecule has 1 heterocycles. The van der Waals surface area contributed by atoms with E-state index < -0.39 is 29.9 Å². The van der Waals surface area contributed by atoms with Gasteiger partial charge < -0.3 is 24.5 Å². The predicted molar refractivity (Wildman–Crippen MR) is 80.3 cm³/mol. The van der Waals surface area contributed by atoms with E-state index in [-0.39, 0.29) is 41.6 Å². The fourth-order valence-corrected chi connectivity index (χ4v) is 3.22. The van der Waals surface area contributed by atoms with Crippen molar-refractivity contribution in [3.8, 4) is 0 Å². The molecule has 1 aromatic carbocycles. The van der Waals surface area contributed by atoms with Crippen LogP contribution in [0.4, 0.5) is 0 Å². The van der Waals surface area contributed by atoms with Gasteiger partial charge in [0.1, 0.15) is 11.6 Å². The normalized spacial score (nSPS) is 14.8. The molecule has 24 heavy (non-hydrogen) atoms. The van der Waals surface area contributed by atoms with Crippen LogP contribution in [0.15, 0.2) is 21.3 Å². The number of carbonyl (C=O) groups is 1. The van der Waals surface area contributed by atoms with Crippen LogP contribution in [0.2, 0.25) is 0 Å². The quantitative estimate of drug-likeness (QED) is 0.572. The average Bonchev–Trinajstić information content (AvgIpc) is 2.54. The van der Waals surface area contributed by atoms with E-state index in [1.807, 2.05) is 0 Å². The molecule has 2 aromatic rings. The van der Waals surface area contributed by atoms with E-state index in [4.69, 9.17) is 9.52 Å². The number of fused-ring (bicyclic) bond motifs is 2. The molecule has 6 nitrogen and oxygen atoms in total. The second kappa shape index (κ2) is 7.80. The first-order chi connectivity index (χ1) is 11.0. The minimum absolute atomic E-state index is 0. The van der Waals surface area contributed by atoms with Crippen LogP contribution in [-0.4, -0.2) is 28.9 Å². The molecule has 2 N–H and O–H groups in total. The summed E-state index contributed by atoms with van der Waals surface area (Å²) in [6.45, 7) is -0.421. The van der Waals surface area contributed by atoms with E-state index in [1.165, 1.54) is 0 Å². The third-order valence-corrected chi connectivity index (χ3v) is 4.30. The number of aryl methyl sites for hydroxylation is 1. The molecule has 0 bridgehead atoms. The van der Waals surface area contributed by atoms with Crippen LogP contribution < -0.4 is 40.1 Å². The van der Waals surface area contributed by atoms with Gasteiger partial charge in [0.15, 0.2) is 11.2 Å². The molecule has 0 aliphatic heterocycles. The van der Waals surface area contributed by atoms with Crippen LogP contribution in [0.3, 0.4) is 0 Å². The first-order valence-electron chi connectivity index (χ1n) is 7.63. The molecular weight excluding hydrogens is 323 g/mol. The van der Waals surface area contributed by atoms with Crippen LogP contribution in [0.1, 0.15) is 40.1 Å². The summed E-state index contributed by atoms with van der Waals surface area (Å²) in [5.41, 5.74) is 2.34. The molecule has 1 aliphatic rings. The van der Waals surface area contributed by atoms with Crippen LogP contribution in [0, 0.1) is 0 Å². The summed E-state index contributed by atoms with van der Waals surface area (Å²) < 4.78 is 5.39. The maximum atomic E-state index is 12.2. The second-order valence-corrected chi connectivity index (χ2v) is 5.88. The molecular formula is C17H17NaO6. The Labute approximate surface area is 160 Å². The predicted octanol–water partition coefficient (Wildman–Crippen LogP) is -3.06. The van der Waals surface area contributed by atoms with Crippen LogP contribution in [0.5, 0.6) is 0 Å². The fraction of sp³-hybridized carbons (Fsp3) is 0.412. The Kier molecular flexibility index (Phi) is 6.22. The Morgan fingerprint density at radius 1 is 1.29 bits per heavy atom. The molecule has 1 atom stereocenters. The molecule has 0 saturated heterocycles. The summed E-state index contributed by atoms with van der Waals surface area (Å²) in [4.78, 5) is 23.3. The Morgan fingerprint density at radius 2 is 2.00 bits per heavy atom. The van der Waals surface area contributed by atoms with Crippen molar-refractivity contribution in [2.45, 2.75) is 38.2 Å². The number of aliphatic hydroxyl groups is 2. The monoisotopic (exact) mass is 340 g/mol. The van der Waals surface area contributed by atoms with E-state index in [0.717, 1.165) is 42.9 Å². The van der Waals surface area contributed by atoms with Gasteiger partial charge in [-0.2, -0.15) is 0 Å². The second-order valence-electron chi connectivity index (χ2n) is 5.88. The largest absolute Gasteiger partial charge is 1.00 e. The van der Waals surface area contributed by atoms with Crippen LogP contribution in [0.25, 0.3) is 11.0 Å². The molecule has 122 valence electrons. The van der Waals surface area contributed by atoms with Gasteiger partial charge in [0.05, 0.1) is 18.1 Å². The van der Waals surface area contributed by atoms with Crippen molar-refractivity contribution >= 4 is 16.9 Å². The fourth-order valence-electron chi connectivity index (χ4n) is 3.22. The number of aliphatic hydroxyl groups excluding tert-OH is 2. The van der Waals surface area contributed by atoms with Crippen molar-refractivity contribution in [2.75, 3.05) is 6.61 Å². The van der Waals surface area contributed by atoms with Crippen molar-refractivity contribution in [1.29, 1.82) is 0 Å². The van der Waals surface area contributed by atoms with Crippen molar-refractivity contribution in [1.82, 2.24) is 0 Å². The molecule has 0 fully saturated rings. The molecule has 1 aliphatic carbocycles. The summed E-state index contributed by atoms with van der Waals surface area (Å²) in [6.07, 6.45) is 2.71. The van der Waals surface area contributed by atoms with Gasteiger partial charge in [-0.05, 0) is 42.9 Å². The summed E-state index contributed by atoms with van der Waals surface area (Å²) in [6, 6.07) is 2.67. The first kappa shape index (κ1) is 19.1. The number of hydrogen-bond donors (Lipinski definition) is 2. The minimum atomic E-state index is -1.56. The average molecular weight is 340 g/mol. The van der Waals surface area contributed by atoms with Gasteiger partial charge in [0, 0.05) is 18.1 Å². The number of carboxylic acids is 1. The van der Waals surface area contributed by atoms with Crippen LogP contribution >= 0.6 is 0 Å². The molecule has 0 radical (unpaired) electrons. The number of hydrogen-bond acceptors (Lipinski definition) is 6. The van der Waals surface area contributed by atoms with E-state index >= 15 is 0 Å². The van der Waals surface area contributed by atoms with Crippen molar-refractivity contribution in [2.24, 2.45) is 0 Å². The van der Waals surface area contributed by atoms with E-state index in [1.54, 1.807) is 6.07 Å². The Bertz CT molecular complexity index is 826. The Hall–Kier alpha value is -1.18. The number of aromatic carboxylic acids is 1. The zero-order chi connectivity index (χ0) is 16.6. The summed E-state index contributed by atoms with van der Waals surface area (Å²) >= 11 is 0. The molecule has 7 heteroatoms. The molecule has 3 rings (SSSR count). The van der Waals surface area contributed by atoms with Crippen LogP contribution in [-0.2, 0) is 19.3 Å². The maximum absolute atomic E-state index is 12.2. The third kappa shape index (κ3) is 3.58. The smallest absolute Gasteiger partial charge is 0.542 e. The standard InChI is InChI=1S/C17H18O6.Na/c18-8-10(19)6-12-11-4-2-1-3-9(11)5-13-14(20)7-15(17(21)22)23-16(12)13;/h5,7,10,18-19H,1-4,6,8H2,(H,21,22);/q;+1/p-1. The van der Waals surface area contributed by atoms with Gasteiger partial charge in [-0.1, -0.05) is 0 Å². The van der Waals surface area contributed by atoms with E-state index in [2.05, 4.69) is 0 Å². The molecule has 0 amide bonds. The van der Waals surface area contributed by atoms with Gasteiger partial charge in [0.2, 0.25) is 0 Å². The Morgan fingerprint density at radius 3 is 2.67 bits per heavy atom. The van der Waals surface area contributed by atoms with Crippen molar-refractivity contribution in [3.63, 3.8) is 0 Å². The topological polar surface area (TPSA) is 111 Å². The number of carboxylic acid groups (broad SMARTS) is 1. The third-order valence-electron chi connectivity index (χ3n) is 4.30. The Balaban J connectivity index is 0.00000208. The first-order valence-corrected chi connectivity index (χ1v) is 7.63. The summed E-state index contributed by atoms with van der Waals surface area (Å²) in [5.74, 6) is -2.09. The summed E-state index contributed by atoms with van der Waals surface area (Å²) in [5, 5.41) is 30.3.